The Morgan fingerprint density at radius 2 is 1.91 bits per heavy atom. The largest absolute Gasteiger partial charge is 0.380 e. The molecule has 3 heterocycles. The van der Waals surface area contributed by atoms with Crippen molar-refractivity contribution in [1.82, 2.24) is 13.9 Å². The SMILES string of the molecule is CC(C)C(=O)Nc1cnc2c(ccn2S(=O)(=O)c2ccccc2)c1NC1CCN(CCC#N)CC1. The third-order valence-corrected chi connectivity index (χ3v) is 7.92. The van der Waals surface area contributed by atoms with Gasteiger partial charge in [-0.2, -0.15) is 5.26 Å². The molecule has 1 aliphatic rings. The topological polar surface area (TPSA) is 120 Å². The molecule has 3 aromatic rings. The van der Waals surface area contributed by atoms with E-state index in [0.717, 1.165) is 32.5 Å². The average Bonchev–Trinajstić information content (AvgIpc) is 3.31. The van der Waals surface area contributed by atoms with Gasteiger partial charge in [-0.05, 0) is 31.0 Å². The highest BCUT2D eigenvalue weighted by molar-refractivity contribution is 7.90. The number of nitriles is 1. The first-order valence-electron chi connectivity index (χ1n) is 11.8. The number of amides is 1. The Bertz CT molecular complexity index is 1340. The van der Waals surface area contributed by atoms with E-state index < -0.39 is 10.0 Å². The van der Waals surface area contributed by atoms with Crippen LogP contribution < -0.4 is 10.6 Å². The molecule has 0 spiro atoms. The van der Waals surface area contributed by atoms with E-state index in [9.17, 15) is 13.2 Å². The summed E-state index contributed by atoms with van der Waals surface area (Å²) in [5.74, 6) is -0.359. The van der Waals surface area contributed by atoms with Crippen molar-refractivity contribution in [3.8, 4) is 6.07 Å². The molecule has 4 rings (SSSR count). The van der Waals surface area contributed by atoms with Crippen LogP contribution in [-0.2, 0) is 14.8 Å². The van der Waals surface area contributed by atoms with E-state index in [1.54, 1.807) is 36.4 Å². The van der Waals surface area contributed by atoms with Crippen molar-refractivity contribution in [2.24, 2.45) is 5.92 Å². The zero-order valence-corrected chi connectivity index (χ0v) is 20.8. The normalized spacial score (nSPS) is 15.3. The van der Waals surface area contributed by atoms with Crippen LogP contribution in [0.25, 0.3) is 11.0 Å². The molecule has 2 aromatic heterocycles. The Morgan fingerprint density at radius 3 is 2.57 bits per heavy atom. The zero-order valence-electron chi connectivity index (χ0n) is 19.9. The second-order valence-electron chi connectivity index (χ2n) is 9.03. The quantitative estimate of drug-likeness (QED) is 0.490. The van der Waals surface area contributed by atoms with Crippen molar-refractivity contribution in [3.05, 3.63) is 48.8 Å². The number of aromatic nitrogens is 2. The third kappa shape index (κ3) is 5.31. The molecule has 10 heteroatoms. The molecule has 0 unspecified atom stereocenters. The highest BCUT2D eigenvalue weighted by Gasteiger charge is 2.25. The Balaban J connectivity index is 1.69. The highest BCUT2D eigenvalue weighted by atomic mass is 32.2. The lowest BCUT2D eigenvalue weighted by Crippen LogP contribution is -2.39. The lowest BCUT2D eigenvalue weighted by molar-refractivity contribution is -0.118. The predicted molar refractivity (Wildman–Crippen MR) is 136 cm³/mol. The number of fused-ring (bicyclic) bond motifs is 1. The number of hydrogen-bond donors (Lipinski definition) is 2. The Labute approximate surface area is 205 Å². The summed E-state index contributed by atoms with van der Waals surface area (Å²) in [6.45, 7) is 6.12. The van der Waals surface area contributed by atoms with Gasteiger partial charge in [0.1, 0.15) is 0 Å². The number of carbonyl (C=O) groups excluding carboxylic acids is 1. The number of hydrogen-bond acceptors (Lipinski definition) is 7. The molecular formula is C25H30N6O3S. The Hall–Kier alpha value is -3.42. The predicted octanol–water partition coefficient (Wildman–Crippen LogP) is 3.66. The van der Waals surface area contributed by atoms with E-state index in [4.69, 9.17) is 5.26 Å². The molecule has 0 aliphatic carbocycles. The van der Waals surface area contributed by atoms with Crippen molar-refractivity contribution in [1.29, 1.82) is 5.26 Å². The molecule has 35 heavy (non-hydrogen) atoms. The fourth-order valence-electron chi connectivity index (χ4n) is 4.20. The van der Waals surface area contributed by atoms with Gasteiger partial charge in [0.15, 0.2) is 5.65 Å². The fraction of sp³-hybridized carbons (Fsp3) is 0.400. The molecule has 2 N–H and O–H groups in total. The summed E-state index contributed by atoms with van der Waals surface area (Å²) in [7, 11) is -3.83. The fourth-order valence-corrected chi connectivity index (χ4v) is 5.53. The maximum Gasteiger partial charge on any atom is 0.269 e. The van der Waals surface area contributed by atoms with Crippen LogP contribution in [0.15, 0.2) is 53.7 Å². The lowest BCUT2D eigenvalue weighted by atomic mass is 10.0. The lowest BCUT2D eigenvalue weighted by Gasteiger charge is -2.33. The minimum absolute atomic E-state index is 0.141. The van der Waals surface area contributed by atoms with Crippen LogP contribution in [0.1, 0.15) is 33.1 Å². The number of likely N-dealkylation sites (tertiary alicyclic amines) is 1. The molecule has 0 radical (unpaired) electrons. The van der Waals surface area contributed by atoms with E-state index in [2.05, 4.69) is 26.6 Å². The van der Waals surface area contributed by atoms with Gasteiger partial charge in [-0.1, -0.05) is 32.0 Å². The van der Waals surface area contributed by atoms with Crippen LogP contribution in [0, 0.1) is 17.2 Å². The van der Waals surface area contributed by atoms with Crippen LogP contribution in [0.3, 0.4) is 0 Å². The van der Waals surface area contributed by atoms with Gasteiger partial charge in [0.05, 0.1) is 28.5 Å². The van der Waals surface area contributed by atoms with Gasteiger partial charge < -0.3 is 15.5 Å². The van der Waals surface area contributed by atoms with E-state index in [1.165, 1.54) is 16.4 Å². The molecule has 1 aromatic carbocycles. The average molecular weight is 495 g/mol. The Kier molecular flexibility index (Phi) is 7.38. The maximum atomic E-state index is 13.3. The molecular weight excluding hydrogens is 464 g/mol. The van der Waals surface area contributed by atoms with Gasteiger partial charge in [0.25, 0.3) is 10.0 Å². The number of nitrogens with zero attached hydrogens (tertiary/aromatic N) is 4. The number of anilines is 2. The van der Waals surface area contributed by atoms with Crippen LogP contribution in [0.2, 0.25) is 0 Å². The number of nitrogens with one attached hydrogen (secondary N) is 2. The van der Waals surface area contributed by atoms with Crippen LogP contribution in [0.5, 0.6) is 0 Å². The van der Waals surface area contributed by atoms with Crippen molar-refractivity contribution in [3.63, 3.8) is 0 Å². The third-order valence-electron chi connectivity index (χ3n) is 6.24. The Morgan fingerprint density at radius 1 is 1.20 bits per heavy atom. The molecule has 9 nitrogen and oxygen atoms in total. The van der Waals surface area contributed by atoms with Gasteiger partial charge in [-0.15, -0.1) is 0 Å². The van der Waals surface area contributed by atoms with E-state index in [-0.39, 0.29) is 22.8 Å². The molecule has 1 amide bonds. The standard InChI is InChI=1S/C25H30N6O3S/c1-18(2)25(32)29-22-17-27-24-21(11-16-31(24)35(33,34)20-7-4-3-5-8-20)23(22)28-19-9-14-30(15-10-19)13-6-12-26/h3-5,7-8,11,16-19H,6,9-10,13-15H2,1-2H3,(H,27,28)(H,29,32). The van der Waals surface area contributed by atoms with Gasteiger partial charge in [-0.25, -0.2) is 17.4 Å². The summed E-state index contributed by atoms with van der Waals surface area (Å²) in [5.41, 5.74) is 1.49. The van der Waals surface area contributed by atoms with E-state index in [0.29, 0.717) is 28.8 Å². The number of carbonyl (C=O) groups is 1. The van der Waals surface area contributed by atoms with Gasteiger partial charge >= 0.3 is 0 Å². The summed E-state index contributed by atoms with van der Waals surface area (Å²) in [6.07, 6.45) is 5.28. The van der Waals surface area contributed by atoms with Gasteiger partial charge in [0.2, 0.25) is 5.91 Å². The number of pyridine rings is 1. The first-order valence-corrected chi connectivity index (χ1v) is 13.2. The van der Waals surface area contributed by atoms with Gasteiger partial charge in [0, 0.05) is 49.6 Å². The number of piperidine rings is 1. The summed E-state index contributed by atoms with van der Waals surface area (Å²) >= 11 is 0. The van der Waals surface area contributed by atoms with Gasteiger partial charge in [-0.3, -0.25) is 4.79 Å². The van der Waals surface area contributed by atoms with Crippen LogP contribution in [-0.4, -0.2) is 53.9 Å². The van der Waals surface area contributed by atoms with Crippen LogP contribution in [0.4, 0.5) is 11.4 Å². The maximum absolute atomic E-state index is 13.3. The molecule has 184 valence electrons. The van der Waals surface area contributed by atoms with E-state index in [1.807, 2.05) is 13.8 Å². The first-order chi connectivity index (χ1) is 16.8. The molecule has 1 fully saturated rings. The summed E-state index contributed by atoms with van der Waals surface area (Å²) in [4.78, 5) is 19.4. The molecule has 1 aliphatic heterocycles. The summed E-state index contributed by atoms with van der Waals surface area (Å²) in [5, 5.41) is 16.0. The second kappa shape index (κ2) is 10.5. The van der Waals surface area contributed by atoms with Crippen molar-refractivity contribution >= 4 is 38.3 Å². The second-order valence-corrected chi connectivity index (χ2v) is 10.8. The van der Waals surface area contributed by atoms with Crippen molar-refractivity contribution < 1.29 is 13.2 Å². The first kappa shape index (κ1) is 24.7. The highest BCUT2D eigenvalue weighted by Crippen LogP contribution is 2.34. The minimum Gasteiger partial charge on any atom is -0.380 e. The summed E-state index contributed by atoms with van der Waals surface area (Å²) < 4.78 is 27.8. The zero-order chi connectivity index (χ0) is 25.0. The number of rotatable bonds is 8. The smallest absolute Gasteiger partial charge is 0.269 e. The summed E-state index contributed by atoms with van der Waals surface area (Å²) in [6, 6.07) is 12.3. The molecule has 0 atom stereocenters. The minimum atomic E-state index is -3.83. The number of benzene rings is 1. The monoisotopic (exact) mass is 494 g/mol. The molecule has 1 saturated heterocycles. The molecule has 0 saturated carbocycles. The van der Waals surface area contributed by atoms with Crippen molar-refractivity contribution in [2.75, 3.05) is 30.3 Å². The molecule has 0 bridgehead atoms. The van der Waals surface area contributed by atoms with Crippen LogP contribution >= 0.6 is 0 Å². The van der Waals surface area contributed by atoms with Crippen molar-refractivity contribution in [2.45, 2.75) is 44.0 Å². The van der Waals surface area contributed by atoms with E-state index >= 15 is 0 Å².